The molecule has 0 radical (unpaired) electrons. The molecule has 0 atom stereocenters. The van der Waals surface area contributed by atoms with E-state index in [0.717, 1.165) is 0 Å². The molecule has 5 heteroatoms. The largest absolute Gasteiger partial charge is 0.481 e. The molecule has 2 aromatic rings. The quantitative estimate of drug-likeness (QED) is 0.826. The van der Waals surface area contributed by atoms with E-state index in [9.17, 15) is 9.59 Å². The van der Waals surface area contributed by atoms with Crippen LogP contribution in [-0.4, -0.2) is 21.0 Å². The third kappa shape index (κ3) is 2.39. The molecule has 0 aliphatic heterocycles. The van der Waals surface area contributed by atoms with E-state index in [0.29, 0.717) is 16.7 Å². The second kappa shape index (κ2) is 4.61. The molecule has 2 heterocycles. The molecule has 0 saturated heterocycles. The Morgan fingerprint density at radius 3 is 2.65 bits per heavy atom. The number of carboxylic acid groups (broad SMARTS) is 1. The zero-order valence-electron chi connectivity index (χ0n) is 8.88. The highest BCUT2D eigenvalue weighted by Crippen LogP contribution is 2.18. The molecule has 0 unspecified atom stereocenters. The Labute approximate surface area is 96.8 Å². The number of aromatic nitrogens is 2. The zero-order valence-corrected chi connectivity index (χ0v) is 8.88. The second-order valence-corrected chi connectivity index (χ2v) is 3.51. The van der Waals surface area contributed by atoms with Crippen LogP contribution in [0.5, 0.6) is 0 Å². The molecular weight excluding hydrogens is 220 g/mol. The average Bonchev–Trinajstić information content (AvgIpc) is 2.29. The van der Waals surface area contributed by atoms with E-state index in [2.05, 4.69) is 9.97 Å². The minimum Gasteiger partial charge on any atom is -0.481 e. The highest BCUT2D eigenvalue weighted by Gasteiger charge is 2.11. The number of H-pyrrole nitrogens is 1. The molecule has 2 N–H and O–H groups in total. The highest BCUT2D eigenvalue weighted by atomic mass is 16.4. The molecular formula is C12H10N2O3. The van der Waals surface area contributed by atoms with E-state index >= 15 is 0 Å². The molecule has 2 aromatic heterocycles. The van der Waals surface area contributed by atoms with Crippen LogP contribution in [0.1, 0.15) is 5.56 Å². The Kier molecular flexibility index (Phi) is 3.00. The first-order valence-electron chi connectivity index (χ1n) is 5.01. The molecule has 0 aliphatic rings. The summed E-state index contributed by atoms with van der Waals surface area (Å²) in [5.74, 6) is -0.967. The average molecular weight is 230 g/mol. The summed E-state index contributed by atoms with van der Waals surface area (Å²) in [7, 11) is 0. The highest BCUT2D eigenvalue weighted by molar-refractivity contribution is 5.75. The van der Waals surface area contributed by atoms with Crippen molar-refractivity contribution in [1.82, 2.24) is 9.97 Å². The van der Waals surface area contributed by atoms with Crippen molar-refractivity contribution in [3.63, 3.8) is 0 Å². The summed E-state index contributed by atoms with van der Waals surface area (Å²) in [6.45, 7) is 0. The number of rotatable bonds is 3. The first kappa shape index (κ1) is 11.1. The third-order valence-electron chi connectivity index (χ3n) is 2.36. The lowest BCUT2D eigenvalue weighted by atomic mass is 10.0. The minimum atomic E-state index is -0.967. The van der Waals surface area contributed by atoms with E-state index in [1.807, 2.05) is 0 Å². The van der Waals surface area contributed by atoms with Crippen LogP contribution in [0.3, 0.4) is 0 Å². The molecule has 0 aliphatic carbocycles. The Morgan fingerprint density at radius 1 is 1.29 bits per heavy atom. The number of carbonyl (C=O) groups is 1. The molecule has 5 nitrogen and oxygen atoms in total. The van der Waals surface area contributed by atoms with Gasteiger partial charge in [0.2, 0.25) is 0 Å². The van der Waals surface area contributed by atoms with Crippen molar-refractivity contribution in [1.29, 1.82) is 0 Å². The van der Waals surface area contributed by atoms with Gasteiger partial charge in [-0.15, -0.1) is 0 Å². The van der Waals surface area contributed by atoms with Crippen LogP contribution in [0.15, 0.2) is 41.6 Å². The molecule has 0 spiro atoms. The number of carboxylic acids is 1. The van der Waals surface area contributed by atoms with Gasteiger partial charge in [-0.1, -0.05) is 0 Å². The van der Waals surface area contributed by atoms with Crippen LogP contribution in [0.4, 0.5) is 0 Å². The number of hydrogen-bond donors (Lipinski definition) is 2. The van der Waals surface area contributed by atoms with Crippen molar-refractivity contribution in [2.45, 2.75) is 6.42 Å². The normalized spacial score (nSPS) is 10.1. The summed E-state index contributed by atoms with van der Waals surface area (Å²) in [4.78, 5) is 28.9. The van der Waals surface area contributed by atoms with Gasteiger partial charge in [-0.2, -0.15) is 0 Å². The predicted octanol–water partition coefficient (Wildman–Crippen LogP) is 1.06. The second-order valence-electron chi connectivity index (χ2n) is 3.51. The van der Waals surface area contributed by atoms with Crippen molar-refractivity contribution in [3.8, 4) is 11.1 Å². The molecule has 2 rings (SSSR count). The Bertz CT molecular complexity index is 590. The smallest absolute Gasteiger partial charge is 0.307 e. The van der Waals surface area contributed by atoms with Crippen molar-refractivity contribution in [2.75, 3.05) is 0 Å². The monoisotopic (exact) mass is 230 g/mol. The van der Waals surface area contributed by atoms with Gasteiger partial charge < -0.3 is 10.1 Å². The Balaban J connectivity index is 2.59. The molecule has 0 bridgehead atoms. The maximum Gasteiger partial charge on any atom is 0.307 e. The number of aromatic amines is 1. The number of nitrogens with one attached hydrogen (secondary N) is 1. The molecule has 0 saturated carbocycles. The van der Waals surface area contributed by atoms with Crippen molar-refractivity contribution in [3.05, 3.63) is 52.7 Å². The van der Waals surface area contributed by atoms with Gasteiger partial charge in [-0.05, 0) is 29.3 Å². The third-order valence-corrected chi connectivity index (χ3v) is 2.36. The van der Waals surface area contributed by atoms with E-state index in [-0.39, 0.29) is 12.0 Å². The fourth-order valence-electron chi connectivity index (χ4n) is 1.66. The Hall–Kier alpha value is -2.43. The summed E-state index contributed by atoms with van der Waals surface area (Å²) in [6.07, 6.45) is 4.39. The van der Waals surface area contributed by atoms with Crippen LogP contribution >= 0.6 is 0 Å². The van der Waals surface area contributed by atoms with Gasteiger partial charge in [0.25, 0.3) is 5.56 Å². The van der Waals surface area contributed by atoms with E-state index in [1.54, 1.807) is 30.6 Å². The van der Waals surface area contributed by atoms with Gasteiger partial charge in [-0.3, -0.25) is 14.6 Å². The summed E-state index contributed by atoms with van der Waals surface area (Å²) in [6, 6.07) is 4.96. The van der Waals surface area contributed by atoms with Crippen LogP contribution in [0.25, 0.3) is 11.1 Å². The van der Waals surface area contributed by atoms with E-state index in [4.69, 9.17) is 5.11 Å². The summed E-state index contributed by atoms with van der Waals surface area (Å²) >= 11 is 0. The van der Waals surface area contributed by atoms with Gasteiger partial charge >= 0.3 is 5.97 Å². The fraction of sp³-hybridized carbons (Fsp3) is 0.0833. The molecule has 0 amide bonds. The summed E-state index contributed by atoms with van der Waals surface area (Å²) < 4.78 is 0. The first-order valence-corrected chi connectivity index (χ1v) is 5.01. The van der Waals surface area contributed by atoms with Crippen molar-refractivity contribution in [2.24, 2.45) is 0 Å². The van der Waals surface area contributed by atoms with Gasteiger partial charge in [-0.25, -0.2) is 0 Å². The summed E-state index contributed by atoms with van der Waals surface area (Å²) in [5.41, 5.74) is 1.25. The molecule has 0 fully saturated rings. The maximum atomic E-state index is 11.8. The number of aliphatic carboxylic acids is 1. The fourth-order valence-corrected chi connectivity index (χ4v) is 1.66. The summed E-state index contributed by atoms with van der Waals surface area (Å²) in [5, 5.41) is 8.80. The topological polar surface area (TPSA) is 83.0 Å². The number of pyridine rings is 2. The van der Waals surface area contributed by atoms with Crippen LogP contribution in [0.2, 0.25) is 0 Å². The van der Waals surface area contributed by atoms with Crippen molar-refractivity contribution < 1.29 is 9.90 Å². The first-order chi connectivity index (χ1) is 8.18. The van der Waals surface area contributed by atoms with Gasteiger partial charge in [0.15, 0.2) is 0 Å². The lowest BCUT2D eigenvalue weighted by Crippen LogP contribution is -2.13. The van der Waals surface area contributed by atoms with Gasteiger partial charge in [0.1, 0.15) is 0 Å². The maximum absolute atomic E-state index is 11.8. The standard InChI is InChI=1S/C12H10N2O3/c15-10(16)7-9-3-6-14-12(17)11(9)8-1-4-13-5-2-8/h1-6H,7H2,(H,14,17)(H,15,16). The number of hydrogen-bond acceptors (Lipinski definition) is 3. The molecule has 86 valence electrons. The zero-order chi connectivity index (χ0) is 12.3. The lowest BCUT2D eigenvalue weighted by Gasteiger charge is -2.05. The van der Waals surface area contributed by atoms with Gasteiger partial charge in [0.05, 0.1) is 12.0 Å². The van der Waals surface area contributed by atoms with E-state index < -0.39 is 5.97 Å². The van der Waals surface area contributed by atoms with Crippen LogP contribution < -0.4 is 5.56 Å². The Morgan fingerprint density at radius 2 is 2.00 bits per heavy atom. The molecule has 17 heavy (non-hydrogen) atoms. The van der Waals surface area contributed by atoms with E-state index in [1.165, 1.54) is 6.20 Å². The lowest BCUT2D eigenvalue weighted by molar-refractivity contribution is -0.136. The SMILES string of the molecule is O=C(O)Cc1cc[nH]c(=O)c1-c1ccncc1. The van der Waals surface area contributed by atoms with Crippen molar-refractivity contribution >= 4 is 5.97 Å². The van der Waals surface area contributed by atoms with Gasteiger partial charge in [0, 0.05) is 18.6 Å². The van der Waals surface area contributed by atoms with Crippen LogP contribution in [0, 0.1) is 0 Å². The minimum absolute atomic E-state index is 0.179. The predicted molar refractivity (Wildman–Crippen MR) is 61.6 cm³/mol. The number of nitrogens with zero attached hydrogens (tertiary/aromatic N) is 1. The molecule has 0 aromatic carbocycles. The van der Waals surface area contributed by atoms with Crippen LogP contribution in [-0.2, 0) is 11.2 Å².